The zero-order valence-corrected chi connectivity index (χ0v) is 6.07. The van der Waals surface area contributed by atoms with E-state index < -0.39 is 0 Å². The van der Waals surface area contributed by atoms with Gasteiger partial charge in [-0.2, -0.15) is 0 Å². The van der Waals surface area contributed by atoms with Crippen LogP contribution in [-0.4, -0.2) is 17.0 Å². The molecule has 10 heavy (non-hydrogen) atoms. The number of nitrogens with zero attached hydrogens (tertiary/aromatic N) is 1. The van der Waals surface area contributed by atoms with Crippen LogP contribution in [0.5, 0.6) is 0 Å². The fourth-order valence-electron chi connectivity index (χ4n) is 0.557. The summed E-state index contributed by atoms with van der Waals surface area (Å²) in [5.41, 5.74) is -0.332. The lowest BCUT2D eigenvalue weighted by molar-refractivity contribution is 1.11. The number of halogens is 1. The summed E-state index contributed by atoms with van der Waals surface area (Å²) >= 11 is 5.52. The first-order valence-corrected chi connectivity index (χ1v) is 3.04. The Hall–Kier alpha value is -1.03. The monoisotopic (exact) mass is 159 g/mol. The van der Waals surface area contributed by atoms with Crippen molar-refractivity contribution in [2.75, 3.05) is 12.4 Å². The van der Waals surface area contributed by atoms with Gasteiger partial charge in [-0.3, -0.25) is 4.79 Å². The summed E-state index contributed by atoms with van der Waals surface area (Å²) in [6, 6.07) is 0. The van der Waals surface area contributed by atoms with Gasteiger partial charge in [-0.15, -0.1) is 0 Å². The Morgan fingerprint density at radius 3 is 3.00 bits per heavy atom. The molecule has 1 aromatic rings. The smallest absolute Gasteiger partial charge is 0.271 e. The molecule has 1 heterocycles. The molecular weight excluding hydrogens is 154 g/mol. The van der Waals surface area contributed by atoms with Crippen LogP contribution in [0.2, 0.25) is 5.02 Å². The van der Waals surface area contributed by atoms with Crippen molar-refractivity contribution in [3.05, 3.63) is 21.7 Å². The summed E-state index contributed by atoms with van der Waals surface area (Å²) in [5, 5.41) is 2.76. The lowest BCUT2D eigenvalue weighted by Crippen LogP contribution is -2.09. The van der Waals surface area contributed by atoms with E-state index in [1.165, 1.54) is 6.33 Å². The van der Waals surface area contributed by atoms with E-state index in [1.807, 2.05) is 0 Å². The van der Waals surface area contributed by atoms with Crippen LogP contribution in [0.3, 0.4) is 0 Å². The highest BCUT2D eigenvalue weighted by Gasteiger charge is 2.00. The van der Waals surface area contributed by atoms with Gasteiger partial charge in [0.05, 0.1) is 6.33 Å². The van der Waals surface area contributed by atoms with Crippen molar-refractivity contribution in [3.8, 4) is 0 Å². The van der Waals surface area contributed by atoms with Gasteiger partial charge >= 0.3 is 0 Å². The minimum absolute atomic E-state index is 0.0880. The summed E-state index contributed by atoms with van der Waals surface area (Å²) in [6.07, 6.45) is 1.29. The fourth-order valence-corrected chi connectivity index (χ4v) is 0.755. The van der Waals surface area contributed by atoms with Crippen LogP contribution in [0.4, 0.5) is 5.82 Å². The molecule has 2 N–H and O–H groups in total. The molecule has 0 unspecified atom stereocenters. The maximum absolute atomic E-state index is 10.7. The van der Waals surface area contributed by atoms with Crippen molar-refractivity contribution in [1.82, 2.24) is 9.97 Å². The highest BCUT2D eigenvalue weighted by atomic mass is 35.5. The Morgan fingerprint density at radius 2 is 2.50 bits per heavy atom. The summed E-state index contributed by atoms with van der Waals surface area (Å²) in [4.78, 5) is 16.8. The molecule has 0 amide bonds. The molecule has 0 radical (unpaired) electrons. The first-order valence-electron chi connectivity index (χ1n) is 2.66. The Labute approximate surface area is 62.3 Å². The van der Waals surface area contributed by atoms with E-state index in [9.17, 15) is 4.79 Å². The van der Waals surface area contributed by atoms with E-state index in [2.05, 4.69) is 15.3 Å². The summed E-state index contributed by atoms with van der Waals surface area (Å²) in [6.45, 7) is 0. The SMILES string of the molecule is CNc1nc[nH]c(=O)c1Cl. The zero-order valence-electron chi connectivity index (χ0n) is 5.31. The van der Waals surface area contributed by atoms with Crippen molar-refractivity contribution in [1.29, 1.82) is 0 Å². The van der Waals surface area contributed by atoms with Crippen molar-refractivity contribution >= 4 is 17.4 Å². The molecule has 54 valence electrons. The molecule has 0 aliphatic rings. The van der Waals surface area contributed by atoms with Gasteiger partial charge < -0.3 is 10.3 Å². The maximum Gasteiger partial charge on any atom is 0.271 e. The van der Waals surface area contributed by atoms with Gasteiger partial charge in [0.1, 0.15) is 5.02 Å². The summed E-state index contributed by atoms with van der Waals surface area (Å²) in [5.74, 6) is 0.394. The highest BCUT2D eigenvalue weighted by molar-refractivity contribution is 6.32. The van der Waals surface area contributed by atoms with E-state index in [4.69, 9.17) is 11.6 Å². The van der Waals surface area contributed by atoms with Crippen LogP contribution in [0, 0.1) is 0 Å². The summed E-state index contributed by atoms with van der Waals surface area (Å²) in [7, 11) is 1.65. The third-order valence-corrected chi connectivity index (χ3v) is 1.38. The molecule has 1 rings (SSSR count). The van der Waals surface area contributed by atoms with E-state index in [0.717, 1.165) is 0 Å². The number of anilines is 1. The normalized spacial score (nSPS) is 9.40. The number of hydrogen-bond donors (Lipinski definition) is 2. The molecule has 0 aromatic carbocycles. The minimum atomic E-state index is -0.332. The molecule has 5 heteroatoms. The van der Waals surface area contributed by atoms with Gasteiger partial charge in [0.15, 0.2) is 5.82 Å². The molecule has 0 saturated carbocycles. The van der Waals surface area contributed by atoms with E-state index in [0.29, 0.717) is 5.82 Å². The third-order valence-electron chi connectivity index (χ3n) is 1.03. The molecule has 0 saturated heterocycles. The molecule has 0 aliphatic heterocycles. The first-order chi connectivity index (χ1) is 4.75. The second-order valence-electron chi connectivity index (χ2n) is 1.64. The quantitative estimate of drug-likeness (QED) is 0.626. The first kappa shape index (κ1) is 7.08. The van der Waals surface area contributed by atoms with Gasteiger partial charge in [-0.25, -0.2) is 4.98 Å². The molecule has 4 nitrogen and oxygen atoms in total. The van der Waals surface area contributed by atoms with Crippen molar-refractivity contribution in [2.24, 2.45) is 0 Å². The standard InChI is InChI=1S/C5H6ClN3O/c1-7-4-3(6)5(10)9-2-8-4/h2H,1H3,(H2,7,8,9,10). The lowest BCUT2D eigenvalue weighted by atomic mass is 10.6. The van der Waals surface area contributed by atoms with E-state index in [-0.39, 0.29) is 10.6 Å². The number of hydrogen-bond acceptors (Lipinski definition) is 3. The molecular formula is C5H6ClN3O. The Morgan fingerprint density at radius 1 is 1.80 bits per heavy atom. The van der Waals surface area contributed by atoms with Crippen LogP contribution in [0.25, 0.3) is 0 Å². The zero-order chi connectivity index (χ0) is 7.56. The lowest BCUT2D eigenvalue weighted by Gasteiger charge is -1.97. The number of rotatable bonds is 1. The van der Waals surface area contributed by atoms with Crippen LogP contribution in [0.15, 0.2) is 11.1 Å². The number of aromatic amines is 1. The molecule has 0 atom stereocenters. The van der Waals surface area contributed by atoms with E-state index >= 15 is 0 Å². The van der Waals surface area contributed by atoms with Crippen LogP contribution < -0.4 is 10.9 Å². The molecule has 0 spiro atoms. The molecule has 0 fully saturated rings. The predicted octanol–water partition coefficient (Wildman–Crippen LogP) is 0.465. The number of aromatic nitrogens is 2. The average molecular weight is 160 g/mol. The van der Waals surface area contributed by atoms with Gasteiger partial charge in [0, 0.05) is 7.05 Å². The molecule has 0 aliphatic carbocycles. The van der Waals surface area contributed by atoms with Crippen LogP contribution in [0.1, 0.15) is 0 Å². The van der Waals surface area contributed by atoms with Crippen LogP contribution in [-0.2, 0) is 0 Å². The van der Waals surface area contributed by atoms with Gasteiger partial charge in [-0.1, -0.05) is 11.6 Å². The Kier molecular flexibility index (Phi) is 1.91. The van der Waals surface area contributed by atoms with Gasteiger partial charge in [0.25, 0.3) is 5.56 Å². The fraction of sp³-hybridized carbons (Fsp3) is 0.200. The summed E-state index contributed by atoms with van der Waals surface area (Å²) < 4.78 is 0. The second kappa shape index (κ2) is 2.70. The van der Waals surface area contributed by atoms with Gasteiger partial charge in [0.2, 0.25) is 0 Å². The van der Waals surface area contributed by atoms with Crippen molar-refractivity contribution in [3.63, 3.8) is 0 Å². The van der Waals surface area contributed by atoms with Crippen molar-refractivity contribution in [2.45, 2.75) is 0 Å². The number of H-pyrrole nitrogens is 1. The van der Waals surface area contributed by atoms with Crippen LogP contribution >= 0.6 is 11.6 Å². The number of nitrogens with one attached hydrogen (secondary N) is 2. The topological polar surface area (TPSA) is 57.8 Å². The maximum atomic E-state index is 10.7. The highest BCUT2D eigenvalue weighted by Crippen LogP contribution is 2.09. The second-order valence-corrected chi connectivity index (χ2v) is 2.02. The predicted molar refractivity (Wildman–Crippen MR) is 39.4 cm³/mol. The molecule has 0 bridgehead atoms. The van der Waals surface area contributed by atoms with E-state index in [1.54, 1.807) is 7.05 Å². The minimum Gasteiger partial charge on any atom is -0.372 e. The van der Waals surface area contributed by atoms with Crippen molar-refractivity contribution < 1.29 is 0 Å². The average Bonchev–Trinajstić information content (AvgIpc) is 1.95. The Bertz CT molecular complexity index is 282. The largest absolute Gasteiger partial charge is 0.372 e. The van der Waals surface area contributed by atoms with Gasteiger partial charge in [-0.05, 0) is 0 Å². The molecule has 1 aromatic heterocycles. The third kappa shape index (κ3) is 1.11. The Balaban J connectivity index is 3.28.